The Morgan fingerprint density at radius 3 is 2.18 bits per heavy atom. The summed E-state index contributed by atoms with van der Waals surface area (Å²) in [5, 5.41) is 1.25. The van der Waals surface area contributed by atoms with Gasteiger partial charge in [0.2, 0.25) is 0 Å². The molecule has 0 unspecified atom stereocenters. The van der Waals surface area contributed by atoms with E-state index in [0.29, 0.717) is 0 Å². The number of aromatic nitrogens is 2. The summed E-state index contributed by atoms with van der Waals surface area (Å²) in [4.78, 5) is 9.44. The topological polar surface area (TPSA) is 25.8 Å². The van der Waals surface area contributed by atoms with E-state index >= 15 is 0 Å². The molecule has 1 aliphatic carbocycles. The first-order chi connectivity index (χ1) is 20.5. The maximum atomic E-state index is 5.13. The Balaban J connectivity index is 0.000000194. The smallest absolute Gasteiger partial charge is 0.0598 e. The maximum absolute atomic E-state index is 5.13. The third-order valence-corrected chi connectivity index (χ3v) is 8.41. The molecule has 0 bridgehead atoms. The molecule has 0 saturated carbocycles. The summed E-state index contributed by atoms with van der Waals surface area (Å²) in [5.74, 6) is 0. The number of benzene rings is 4. The molecule has 0 saturated heterocycles. The molecule has 7 rings (SSSR count). The molecule has 6 aromatic rings. The van der Waals surface area contributed by atoms with Crippen LogP contribution in [0.15, 0.2) is 103 Å². The summed E-state index contributed by atoms with van der Waals surface area (Å²) < 4.78 is 0. The first-order valence-corrected chi connectivity index (χ1v) is 15.0. The van der Waals surface area contributed by atoms with E-state index in [9.17, 15) is 0 Å². The average Bonchev–Trinajstić information content (AvgIpc) is 3.24. The Hall–Kier alpha value is -3.91. The fourth-order valence-electron chi connectivity index (χ4n) is 6.29. The summed E-state index contributed by atoms with van der Waals surface area (Å²) in [6.45, 7) is 15.5. The second-order valence-corrected chi connectivity index (χ2v) is 13.1. The molecule has 2 aromatic heterocycles. The van der Waals surface area contributed by atoms with Gasteiger partial charge < -0.3 is 4.98 Å². The minimum atomic E-state index is -0.0535. The molecule has 4 aromatic carbocycles. The SMILES string of the molecule is CC(C)(C)c1c[c-]c(-c2ccccn2)cc1.Cc1[c-]c(-c2nc3ccccc3c3c2-c2ccccc2C3(C)C)cc(C)c1.[Ir]. The molecule has 0 N–H and O–H groups in total. The number of hydrogen-bond acceptors (Lipinski definition) is 2. The van der Waals surface area contributed by atoms with E-state index in [4.69, 9.17) is 4.98 Å². The predicted octanol–water partition coefficient (Wildman–Crippen LogP) is 10.5. The Morgan fingerprint density at radius 2 is 1.50 bits per heavy atom. The number of hydrogen-bond donors (Lipinski definition) is 0. The molecule has 0 fully saturated rings. The van der Waals surface area contributed by atoms with Gasteiger partial charge in [-0.3, -0.25) is 4.98 Å². The summed E-state index contributed by atoms with van der Waals surface area (Å²) in [7, 11) is 0. The van der Waals surface area contributed by atoms with Crippen molar-refractivity contribution in [1.29, 1.82) is 0 Å². The largest absolute Gasteiger partial charge is 0.305 e. The van der Waals surface area contributed by atoms with Gasteiger partial charge in [-0.1, -0.05) is 103 Å². The second kappa shape index (κ2) is 12.2. The van der Waals surface area contributed by atoms with Crippen LogP contribution in [0.25, 0.3) is 44.5 Å². The van der Waals surface area contributed by atoms with E-state index < -0.39 is 0 Å². The average molecular weight is 751 g/mol. The van der Waals surface area contributed by atoms with Crippen molar-refractivity contribution < 1.29 is 20.1 Å². The van der Waals surface area contributed by atoms with E-state index in [-0.39, 0.29) is 30.9 Å². The molecule has 1 radical (unpaired) electrons. The molecule has 2 nitrogen and oxygen atoms in total. The van der Waals surface area contributed by atoms with Gasteiger partial charge in [0.05, 0.1) is 5.52 Å². The molecular weight excluding hydrogens is 713 g/mol. The fourth-order valence-corrected chi connectivity index (χ4v) is 6.29. The van der Waals surface area contributed by atoms with Crippen LogP contribution in [-0.4, -0.2) is 9.97 Å². The number of para-hydroxylation sites is 1. The van der Waals surface area contributed by atoms with E-state index in [2.05, 4.69) is 144 Å². The van der Waals surface area contributed by atoms with Crippen LogP contribution in [0.5, 0.6) is 0 Å². The zero-order chi connectivity index (χ0) is 30.4. The Morgan fingerprint density at radius 1 is 0.773 bits per heavy atom. The summed E-state index contributed by atoms with van der Waals surface area (Å²) in [6.07, 6.45) is 1.81. The van der Waals surface area contributed by atoms with Crippen LogP contribution in [-0.2, 0) is 30.9 Å². The Bertz CT molecular complexity index is 1910. The van der Waals surface area contributed by atoms with Crippen LogP contribution in [0.3, 0.4) is 0 Å². The van der Waals surface area contributed by atoms with Crippen molar-refractivity contribution in [1.82, 2.24) is 9.97 Å². The minimum Gasteiger partial charge on any atom is -0.305 e. The number of rotatable bonds is 2. The number of nitrogens with zero attached hydrogens (tertiary/aromatic N) is 2. The molecule has 223 valence electrons. The number of fused-ring (bicyclic) bond motifs is 5. The molecule has 0 spiro atoms. The van der Waals surface area contributed by atoms with Crippen molar-refractivity contribution in [3.05, 3.63) is 143 Å². The zero-order valence-electron chi connectivity index (χ0n) is 26.5. The number of pyridine rings is 2. The van der Waals surface area contributed by atoms with Gasteiger partial charge in [-0.15, -0.1) is 70.3 Å². The molecule has 2 heterocycles. The van der Waals surface area contributed by atoms with Crippen molar-refractivity contribution in [2.75, 3.05) is 0 Å². The van der Waals surface area contributed by atoms with Gasteiger partial charge in [-0.05, 0) is 51.2 Å². The van der Waals surface area contributed by atoms with Crippen molar-refractivity contribution in [2.45, 2.75) is 59.3 Å². The Labute approximate surface area is 276 Å². The number of aryl methyl sites for hydroxylation is 2. The molecule has 0 aliphatic heterocycles. The third-order valence-electron chi connectivity index (χ3n) is 8.41. The van der Waals surface area contributed by atoms with Gasteiger partial charge in [-0.25, -0.2) is 0 Å². The van der Waals surface area contributed by atoms with Gasteiger partial charge in [0.1, 0.15) is 0 Å². The first kappa shape index (κ1) is 31.5. The molecule has 0 atom stereocenters. The summed E-state index contributed by atoms with van der Waals surface area (Å²) >= 11 is 0. The van der Waals surface area contributed by atoms with Crippen molar-refractivity contribution in [2.24, 2.45) is 0 Å². The van der Waals surface area contributed by atoms with Gasteiger partial charge in [0, 0.05) is 37.1 Å². The van der Waals surface area contributed by atoms with E-state index in [1.54, 1.807) is 6.20 Å². The van der Waals surface area contributed by atoms with Crippen LogP contribution in [0.4, 0.5) is 0 Å². The van der Waals surface area contributed by atoms with Crippen molar-refractivity contribution in [3.8, 4) is 33.6 Å². The van der Waals surface area contributed by atoms with Crippen LogP contribution in [0.1, 0.15) is 62.4 Å². The van der Waals surface area contributed by atoms with E-state index in [0.717, 1.165) is 33.6 Å². The van der Waals surface area contributed by atoms with Crippen LogP contribution in [0, 0.1) is 26.0 Å². The zero-order valence-corrected chi connectivity index (χ0v) is 28.9. The summed E-state index contributed by atoms with van der Waals surface area (Å²) in [5.41, 5.74) is 14.4. The maximum Gasteiger partial charge on any atom is 0.0598 e. The minimum absolute atomic E-state index is 0. The molecular formula is C41H38IrN2-2. The second-order valence-electron chi connectivity index (χ2n) is 13.1. The van der Waals surface area contributed by atoms with Crippen molar-refractivity contribution in [3.63, 3.8) is 0 Å². The van der Waals surface area contributed by atoms with Crippen LogP contribution >= 0.6 is 0 Å². The van der Waals surface area contributed by atoms with Gasteiger partial charge >= 0.3 is 0 Å². The summed E-state index contributed by atoms with van der Waals surface area (Å²) in [6, 6.07) is 40.8. The standard InChI is InChI=1S/C26H22N.C15H16N.Ir/c1-16-13-17(2)15-18(14-16)25-23-19-9-5-7-11-21(19)26(3,4)24(23)20-10-6-8-12-22(20)27-25;1-15(2,3)13-9-7-12(8-10-13)14-6-4-5-11-16-14;/h5-14H,1-4H3;4-7,9-11H,1-3H3;/q2*-1;. The van der Waals surface area contributed by atoms with E-state index in [1.807, 2.05) is 18.2 Å². The molecule has 44 heavy (non-hydrogen) atoms. The van der Waals surface area contributed by atoms with Crippen LogP contribution < -0.4 is 0 Å². The van der Waals surface area contributed by atoms with Gasteiger partial charge in [0.15, 0.2) is 0 Å². The van der Waals surface area contributed by atoms with Crippen molar-refractivity contribution >= 4 is 10.9 Å². The van der Waals surface area contributed by atoms with Crippen LogP contribution in [0.2, 0.25) is 0 Å². The third kappa shape index (κ3) is 5.92. The van der Waals surface area contributed by atoms with E-state index in [1.165, 1.54) is 38.8 Å². The first-order valence-electron chi connectivity index (χ1n) is 15.0. The quantitative estimate of drug-likeness (QED) is 0.165. The monoisotopic (exact) mass is 751 g/mol. The molecule has 1 aliphatic rings. The normalized spacial score (nSPS) is 12.9. The Kier molecular flexibility index (Phi) is 8.76. The molecule has 0 amide bonds. The molecule has 3 heteroatoms. The predicted molar refractivity (Wildman–Crippen MR) is 180 cm³/mol. The fraction of sp³-hybridized carbons (Fsp3) is 0.220. The van der Waals surface area contributed by atoms with Gasteiger partial charge in [-0.2, -0.15) is 0 Å². The van der Waals surface area contributed by atoms with Gasteiger partial charge in [0.25, 0.3) is 0 Å².